The first-order chi connectivity index (χ1) is 13.6. The van der Waals surface area contributed by atoms with Gasteiger partial charge in [0, 0.05) is 49.4 Å². The molecule has 4 rings (SSSR count). The first kappa shape index (κ1) is 18.9. The zero-order chi connectivity index (χ0) is 19.6. The Labute approximate surface area is 169 Å². The number of halogens is 1. The van der Waals surface area contributed by atoms with Gasteiger partial charge in [0.05, 0.1) is 11.4 Å². The normalized spacial score (nSPS) is 17.8. The van der Waals surface area contributed by atoms with Gasteiger partial charge in [0.15, 0.2) is 0 Å². The van der Waals surface area contributed by atoms with E-state index in [1.165, 1.54) is 6.21 Å². The lowest BCUT2D eigenvalue weighted by molar-refractivity contribution is 0.0686. The fraction of sp³-hybridized carbons (Fsp3) is 0.300. The summed E-state index contributed by atoms with van der Waals surface area (Å²) in [6.07, 6.45) is 2.75. The molecule has 1 spiro atoms. The van der Waals surface area contributed by atoms with Crippen molar-refractivity contribution in [3.63, 3.8) is 0 Å². The smallest absolute Gasteiger partial charge is 0.144 e. The quantitative estimate of drug-likeness (QED) is 0.360. The monoisotopic (exact) mass is 398 g/mol. The van der Waals surface area contributed by atoms with Gasteiger partial charge in [0.2, 0.25) is 0 Å². The van der Waals surface area contributed by atoms with Crippen LogP contribution in [0.4, 0.5) is 11.4 Å². The zero-order valence-electron chi connectivity index (χ0n) is 15.4. The summed E-state index contributed by atoms with van der Waals surface area (Å²) in [6, 6.07) is 13.4. The number of nitrogens with zero attached hydrogens (tertiary/aromatic N) is 2. The number of amidine groups is 1. The Bertz CT molecular complexity index is 909. The number of hydrogen-bond acceptors (Lipinski definition) is 7. The number of ether oxygens (including phenoxy) is 1. The van der Waals surface area contributed by atoms with Crippen LogP contribution >= 0.6 is 11.6 Å². The van der Waals surface area contributed by atoms with E-state index in [9.17, 15) is 0 Å². The molecule has 2 heterocycles. The first-order valence-electron chi connectivity index (χ1n) is 9.23. The lowest BCUT2D eigenvalue weighted by atomic mass is 9.85. The van der Waals surface area contributed by atoms with Gasteiger partial charge in [-0.2, -0.15) is 0 Å². The number of aliphatic imine (C=N–C) groups is 1. The van der Waals surface area contributed by atoms with Crippen LogP contribution in [0.5, 0.6) is 0 Å². The summed E-state index contributed by atoms with van der Waals surface area (Å²) >= 11 is 6.07. The molecule has 7 nitrogen and oxygen atoms in total. The van der Waals surface area contributed by atoms with Gasteiger partial charge >= 0.3 is 0 Å². The van der Waals surface area contributed by atoms with Crippen LogP contribution < -0.4 is 21.7 Å². The van der Waals surface area contributed by atoms with Crippen molar-refractivity contribution in [3.8, 4) is 0 Å². The fourth-order valence-corrected chi connectivity index (χ4v) is 3.96. The van der Waals surface area contributed by atoms with Gasteiger partial charge in [-0.3, -0.25) is 5.01 Å². The number of para-hydroxylation sites is 1. The van der Waals surface area contributed by atoms with Gasteiger partial charge in [-0.05, 0) is 23.8 Å². The van der Waals surface area contributed by atoms with E-state index in [2.05, 4.69) is 10.9 Å². The van der Waals surface area contributed by atoms with Gasteiger partial charge in [-0.25, -0.2) is 16.3 Å². The minimum absolute atomic E-state index is 0.479. The van der Waals surface area contributed by atoms with Crippen LogP contribution in [0.2, 0.25) is 5.02 Å². The molecule has 0 aliphatic carbocycles. The molecule has 5 N–H and O–H groups in total. The number of fused-ring (bicyclic) bond motifs is 1. The molecule has 146 valence electrons. The predicted octanol–water partition coefficient (Wildman–Crippen LogP) is 2.90. The van der Waals surface area contributed by atoms with E-state index in [0.717, 1.165) is 35.5 Å². The third kappa shape index (κ3) is 3.38. The van der Waals surface area contributed by atoms with Crippen LogP contribution in [0.3, 0.4) is 0 Å². The molecule has 1 fully saturated rings. The molecular formula is C20H23ClN6O. The first-order valence-corrected chi connectivity index (χ1v) is 9.60. The molecule has 0 aromatic heterocycles. The zero-order valence-corrected chi connectivity index (χ0v) is 16.2. The summed E-state index contributed by atoms with van der Waals surface area (Å²) in [6.45, 7) is 1.81. The average molecular weight is 399 g/mol. The second kappa shape index (κ2) is 7.89. The molecule has 2 aliphatic rings. The predicted molar refractivity (Wildman–Crippen MR) is 112 cm³/mol. The maximum atomic E-state index is 7.70. The Balaban J connectivity index is 1.64. The van der Waals surface area contributed by atoms with Gasteiger partial charge in [0.1, 0.15) is 11.4 Å². The highest BCUT2D eigenvalue weighted by Crippen LogP contribution is 2.42. The van der Waals surface area contributed by atoms with E-state index in [-0.39, 0.29) is 0 Å². The van der Waals surface area contributed by atoms with E-state index >= 15 is 0 Å². The van der Waals surface area contributed by atoms with Crippen LogP contribution in [0.1, 0.15) is 24.0 Å². The molecule has 0 atom stereocenters. The summed E-state index contributed by atoms with van der Waals surface area (Å²) in [5, 5.41) is 10.2. The molecule has 28 heavy (non-hydrogen) atoms. The Morgan fingerprint density at radius 1 is 1.25 bits per heavy atom. The van der Waals surface area contributed by atoms with Crippen molar-refractivity contribution in [2.45, 2.75) is 24.9 Å². The van der Waals surface area contributed by atoms with Crippen molar-refractivity contribution in [3.05, 3.63) is 58.6 Å². The molecule has 8 heteroatoms. The minimum Gasteiger partial charge on any atom is -0.381 e. The fourth-order valence-electron chi connectivity index (χ4n) is 3.75. The van der Waals surface area contributed by atoms with E-state index < -0.39 is 5.54 Å². The summed E-state index contributed by atoms with van der Waals surface area (Å²) in [4.78, 5) is 4.88. The van der Waals surface area contributed by atoms with Crippen LogP contribution in [-0.4, -0.2) is 30.8 Å². The number of anilines is 1. The number of nitrogens with one attached hydrogen (secondary N) is 3. The molecule has 2 aliphatic heterocycles. The lowest BCUT2D eigenvalue weighted by Crippen LogP contribution is -2.67. The van der Waals surface area contributed by atoms with Crippen molar-refractivity contribution >= 4 is 35.0 Å². The Morgan fingerprint density at radius 3 is 2.79 bits per heavy atom. The highest BCUT2D eigenvalue weighted by Gasteiger charge is 2.46. The van der Waals surface area contributed by atoms with Crippen molar-refractivity contribution in [2.24, 2.45) is 10.8 Å². The third-order valence-corrected chi connectivity index (χ3v) is 5.53. The topological polar surface area (TPSA) is 98.8 Å². The Morgan fingerprint density at radius 2 is 2.04 bits per heavy atom. The number of hydrogen-bond donors (Lipinski definition) is 4. The van der Waals surface area contributed by atoms with Crippen LogP contribution in [0.25, 0.3) is 0 Å². The molecule has 2 aromatic rings. The van der Waals surface area contributed by atoms with E-state index in [4.69, 9.17) is 32.6 Å². The summed E-state index contributed by atoms with van der Waals surface area (Å²) in [5.41, 5.74) is 9.34. The molecule has 1 saturated heterocycles. The standard InChI is InChI=1S/C20H23ClN6O/c21-16-5-1-3-14(11-16)13-24-26-19-20(7-9-28-10-8-20)27(23)17-6-2-4-15(12-22)18(17)25-19/h1-6,11-12,22,24H,7-10,13,23H2,(H,25,26). The molecule has 0 radical (unpaired) electrons. The van der Waals surface area contributed by atoms with E-state index in [1.54, 1.807) is 5.01 Å². The second-order valence-corrected chi connectivity index (χ2v) is 7.38. The van der Waals surface area contributed by atoms with Gasteiger partial charge in [-0.15, -0.1) is 0 Å². The lowest BCUT2D eigenvalue weighted by Gasteiger charge is -2.48. The largest absolute Gasteiger partial charge is 0.381 e. The van der Waals surface area contributed by atoms with Crippen molar-refractivity contribution in [1.82, 2.24) is 10.9 Å². The SMILES string of the molecule is N=Cc1cccc2c1N=C(NNCc1cccc(Cl)c1)C1(CCOCC1)N2N. The minimum atomic E-state index is -0.479. The third-order valence-electron chi connectivity index (χ3n) is 5.29. The molecule has 0 saturated carbocycles. The maximum absolute atomic E-state index is 7.70. The molecule has 0 unspecified atom stereocenters. The molecule has 2 aromatic carbocycles. The molecular weight excluding hydrogens is 376 g/mol. The Kier molecular flexibility index (Phi) is 5.32. The van der Waals surface area contributed by atoms with Crippen LogP contribution in [0, 0.1) is 5.41 Å². The van der Waals surface area contributed by atoms with Gasteiger partial charge in [-0.1, -0.05) is 35.9 Å². The average Bonchev–Trinajstić information content (AvgIpc) is 2.72. The summed E-state index contributed by atoms with van der Waals surface area (Å²) in [7, 11) is 0. The summed E-state index contributed by atoms with van der Waals surface area (Å²) < 4.78 is 5.58. The Hall–Kier alpha value is -2.45. The number of rotatable bonds is 4. The highest BCUT2D eigenvalue weighted by atomic mass is 35.5. The summed E-state index contributed by atoms with van der Waals surface area (Å²) in [5.74, 6) is 7.35. The second-order valence-electron chi connectivity index (χ2n) is 6.94. The molecule has 0 amide bonds. The van der Waals surface area contributed by atoms with Crippen LogP contribution in [0.15, 0.2) is 47.5 Å². The van der Waals surface area contributed by atoms with Crippen molar-refractivity contribution in [2.75, 3.05) is 18.2 Å². The highest BCUT2D eigenvalue weighted by molar-refractivity contribution is 6.30. The van der Waals surface area contributed by atoms with Gasteiger partial charge < -0.3 is 15.6 Å². The van der Waals surface area contributed by atoms with Crippen molar-refractivity contribution in [1.29, 1.82) is 5.41 Å². The van der Waals surface area contributed by atoms with Gasteiger partial charge in [0.25, 0.3) is 0 Å². The number of benzene rings is 2. The maximum Gasteiger partial charge on any atom is 0.144 e. The van der Waals surface area contributed by atoms with Crippen LogP contribution in [-0.2, 0) is 11.3 Å². The van der Waals surface area contributed by atoms with E-state index in [0.29, 0.717) is 30.5 Å². The molecule has 0 bridgehead atoms. The van der Waals surface area contributed by atoms with E-state index in [1.807, 2.05) is 42.5 Å². The number of hydrazine groups is 2. The van der Waals surface area contributed by atoms with Crippen molar-refractivity contribution < 1.29 is 4.74 Å². The number of nitrogens with two attached hydrogens (primary N) is 1.